The third-order valence-electron chi connectivity index (χ3n) is 3.85. The lowest BCUT2D eigenvalue weighted by molar-refractivity contribution is 1.22. The summed E-state index contributed by atoms with van der Waals surface area (Å²) >= 11 is 0. The molecular weight excluding hydrogens is 266 g/mol. The van der Waals surface area contributed by atoms with Crippen molar-refractivity contribution < 1.29 is 0 Å². The van der Waals surface area contributed by atoms with Crippen LogP contribution in [0.4, 0.5) is 11.4 Å². The Kier molecular flexibility index (Phi) is 3.12. The molecule has 1 heteroatoms. The molecule has 0 N–H and O–H groups in total. The van der Waals surface area contributed by atoms with E-state index in [1.165, 1.54) is 10.8 Å². The van der Waals surface area contributed by atoms with Crippen LogP contribution in [0.5, 0.6) is 0 Å². The molecule has 1 nitrogen and oxygen atoms in total. The van der Waals surface area contributed by atoms with Crippen molar-refractivity contribution in [1.29, 1.82) is 0 Å². The zero-order chi connectivity index (χ0) is 14.8. The minimum atomic E-state index is 1.13. The Morgan fingerprint density at radius 3 is 2.23 bits per heavy atom. The Bertz CT molecular complexity index is 913. The highest BCUT2D eigenvalue weighted by Gasteiger charge is 2.13. The van der Waals surface area contributed by atoms with Gasteiger partial charge in [0.05, 0.1) is 5.70 Å². The van der Waals surface area contributed by atoms with Crippen molar-refractivity contribution in [2.45, 2.75) is 0 Å². The van der Waals surface area contributed by atoms with E-state index in [0.717, 1.165) is 17.1 Å². The topological polar surface area (TPSA) is 3.24 Å². The van der Waals surface area contributed by atoms with Crippen LogP contribution in [-0.4, -0.2) is 0 Å². The van der Waals surface area contributed by atoms with Crippen LogP contribution in [-0.2, 0) is 0 Å². The van der Waals surface area contributed by atoms with Gasteiger partial charge >= 0.3 is 0 Å². The average molecular weight is 281 g/mol. The third kappa shape index (κ3) is 2.24. The lowest BCUT2D eigenvalue weighted by Gasteiger charge is -2.25. The van der Waals surface area contributed by atoms with Gasteiger partial charge < -0.3 is 4.90 Å². The monoisotopic (exact) mass is 281 g/mol. The highest BCUT2D eigenvalue weighted by atomic mass is 15.1. The van der Waals surface area contributed by atoms with Gasteiger partial charge in [0.25, 0.3) is 0 Å². The van der Waals surface area contributed by atoms with Crippen molar-refractivity contribution in [3.63, 3.8) is 0 Å². The predicted molar refractivity (Wildman–Crippen MR) is 93.3 cm³/mol. The highest BCUT2D eigenvalue weighted by Crippen LogP contribution is 2.33. The summed E-state index contributed by atoms with van der Waals surface area (Å²) in [7, 11) is 0. The largest absolute Gasteiger partial charge is 0.310 e. The normalized spacial score (nSPS) is 12.6. The number of allylic oxidation sites excluding steroid dienone is 2. The molecule has 0 amide bonds. The maximum Gasteiger partial charge on any atom is 0.0544 e. The van der Waals surface area contributed by atoms with Crippen LogP contribution < -0.4 is 4.90 Å². The second kappa shape index (κ2) is 5.40. The molecule has 0 heterocycles. The minimum Gasteiger partial charge on any atom is -0.310 e. The van der Waals surface area contributed by atoms with E-state index >= 15 is 0 Å². The maximum atomic E-state index is 3.15. The molecule has 1 aliphatic rings. The Balaban J connectivity index is 1.87. The van der Waals surface area contributed by atoms with Crippen LogP contribution in [0.3, 0.4) is 0 Å². The first-order chi connectivity index (χ1) is 10.9. The minimum absolute atomic E-state index is 1.13. The van der Waals surface area contributed by atoms with Gasteiger partial charge in [-0.15, -0.1) is 5.73 Å². The lowest BCUT2D eigenvalue weighted by Crippen LogP contribution is -2.14. The summed E-state index contributed by atoms with van der Waals surface area (Å²) in [6.45, 7) is 0. The van der Waals surface area contributed by atoms with E-state index < -0.39 is 0 Å². The number of nitrogens with zero attached hydrogens (tertiary/aromatic N) is 1. The first-order valence-electron chi connectivity index (χ1n) is 7.38. The summed E-state index contributed by atoms with van der Waals surface area (Å²) in [6.07, 6.45) is 6.05. The Morgan fingerprint density at radius 1 is 0.682 bits per heavy atom. The average Bonchev–Trinajstić information content (AvgIpc) is 3.10. The molecule has 0 saturated heterocycles. The molecule has 0 aliphatic heterocycles. The smallest absolute Gasteiger partial charge is 0.0544 e. The number of anilines is 2. The summed E-state index contributed by atoms with van der Waals surface area (Å²) in [5, 5.41) is 2.50. The molecule has 0 unspecified atom stereocenters. The first-order valence-corrected chi connectivity index (χ1v) is 7.38. The van der Waals surface area contributed by atoms with E-state index in [4.69, 9.17) is 0 Å². The summed E-state index contributed by atoms with van der Waals surface area (Å²) in [5.41, 5.74) is 6.58. The van der Waals surface area contributed by atoms with Crippen LogP contribution in [0.15, 0.2) is 102 Å². The molecule has 4 rings (SSSR count). The molecule has 104 valence electrons. The predicted octanol–water partition coefficient (Wildman–Crippen LogP) is 5.59. The number of fused-ring (bicyclic) bond motifs is 1. The molecule has 22 heavy (non-hydrogen) atoms. The van der Waals surface area contributed by atoms with Crippen molar-refractivity contribution in [2.24, 2.45) is 0 Å². The van der Waals surface area contributed by atoms with Crippen molar-refractivity contribution in [1.82, 2.24) is 0 Å². The molecule has 0 atom stereocenters. The molecule has 0 bridgehead atoms. The van der Waals surface area contributed by atoms with Crippen molar-refractivity contribution in [3.8, 4) is 0 Å². The fraction of sp³-hybridized carbons (Fsp3) is 0. The molecule has 0 fully saturated rings. The SMILES string of the molecule is C1=CC=C(N(c2ccccc2)c2ccc3ccccc3c2)C=1. The summed E-state index contributed by atoms with van der Waals surface area (Å²) < 4.78 is 0. The van der Waals surface area contributed by atoms with E-state index in [9.17, 15) is 0 Å². The number of hydrogen-bond acceptors (Lipinski definition) is 1. The lowest BCUT2D eigenvalue weighted by atomic mass is 10.1. The van der Waals surface area contributed by atoms with Crippen molar-refractivity contribution in [2.75, 3.05) is 4.90 Å². The molecule has 3 aromatic rings. The van der Waals surface area contributed by atoms with Gasteiger partial charge in [0.2, 0.25) is 0 Å². The molecule has 0 spiro atoms. The fourth-order valence-electron chi connectivity index (χ4n) is 2.79. The van der Waals surface area contributed by atoms with Crippen LogP contribution in [0.25, 0.3) is 10.8 Å². The Morgan fingerprint density at radius 2 is 1.45 bits per heavy atom. The molecule has 0 saturated carbocycles. The zero-order valence-electron chi connectivity index (χ0n) is 12.1. The van der Waals surface area contributed by atoms with Crippen LogP contribution in [0, 0.1) is 0 Å². The van der Waals surface area contributed by atoms with E-state index in [-0.39, 0.29) is 0 Å². The third-order valence-corrected chi connectivity index (χ3v) is 3.85. The van der Waals surface area contributed by atoms with E-state index in [1.54, 1.807) is 0 Å². The summed E-state index contributed by atoms with van der Waals surface area (Å²) in [6, 6.07) is 25.4. The van der Waals surface area contributed by atoms with Crippen LogP contribution >= 0.6 is 0 Å². The quantitative estimate of drug-likeness (QED) is 0.566. The van der Waals surface area contributed by atoms with Gasteiger partial charge in [0.1, 0.15) is 0 Å². The van der Waals surface area contributed by atoms with Crippen molar-refractivity contribution in [3.05, 3.63) is 102 Å². The Hall–Kier alpha value is -3.02. The van der Waals surface area contributed by atoms with E-state index in [0.29, 0.717) is 0 Å². The number of hydrogen-bond donors (Lipinski definition) is 0. The first kappa shape index (κ1) is 12.7. The number of benzene rings is 3. The summed E-state index contributed by atoms with van der Waals surface area (Å²) in [4.78, 5) is 2.25. The molecule has 3 aromatic carbocycles. The molecule has 0 aromatic heterocycles. The fourth-order valence-corrected chi connectivity index (χ4v) is 2.79. The van der Waals surface area contributed by atoms with Gasteiger partial charge in [-0.1, -0.05) is 48.5 Å². The van der Waals surface area contributed by atoms with Gasteiger partial charge in [-0.05, 0) is 47.2 Å². The number of rotatable bonds is 3. The molecular formula is C21H15N. The van der Waals surface area contributed by atoms with Gasteiger partial charge in [0, 0.05) is 17.5 Å². The molecule has 1 aliphatic carbocycles. The number of para-hydroxylation sites is 1. The van der Waals surface area contributed by atoms with Gasteiger partial charge in [-0.25, -0.2) is 0 Å². The maximum absolute atomic E-state index is 3.15. The highest BCUT2D eigenvalue weighted by molar-refractivity contribution is 5.88. The van der Waals surface area contributed by atoms with Crippen LogP contribution in [0.1, 0.15) is 0 Å². The summed E-state index contributed by atoms with van der Waals surface area (Å²) in [5.74, 6) is 0. The van der Waals surface area contributed by atoms with Gasteiger partial charge in [-0.2, -0.15) is 0 Å². The van der Waals surface area contributed by atoms with Crippen molar-refractivity contribution >= 4 is 22.1 Å². The zero-order valence-corrected chi connectivity index (χ0v) is 12.1. The standard InChI is InChI=1S/C21H15N/c1-2-10-19(11-3-1)22(20-12-6-7-13-20)21-15-14-17-8-4-5-9-18(17)16-21/h1-6,8-16H. The van der Waals surface area contributed by atoms with E-state index in [1.807, 2.05) is 18.2 Å². The van der Waals surface area contributed by atoms with Gasteiger partial charge in [0.15, 0.2) is 0 Å². The second-order valence-electron chi connectivity index (χ2n) is 5.27. The van der Waals surface area contributed by atoms with E-state index in [2.05, 4.69) is 83.4 Å². The molecule has 0 radical (unpaired) electrons. The second-order valence-corrected chi connectivity index (χ2v) is 5.27. The Labute approximate surface area is 130 Å². The van der Waals surface area contributed by atoms with Crippen LogP contribution in [0.2, 0.25) is 0 Å². The van der Waals surface area contributed by atoms with Gasteiger partial charge in [-0.3, -0.25) is 0 Å².